The molecule has 0 unspecified atom stereocenters. The summed E-state index contributed by atoms with van der Waals surface area (Å²) in [5, 5.41) is 4.20. The fourth-order valence-electron chi connectivity index (χ4n) is 4.28. The first-order valence-corrected chi connectivity index (χ1v) is 11.7. The van der Waals surface area contributed by atoms with Crippen molar-refractivity contribution in [3.8, 4) is 11.4 Å². The van der Waals surface area contributed by atoms with E-state index in [1.807, 2.05) is 41.1 Å². The third-order valence-corrected chi connectivity index (χ3v) is 7.12. The number of carbonyl (C=O) groups is 1. The number of pyridine rings is 1. The van der Waals surface area contributed by atoms with E-state index in [-0.39, 0.29) is 12.1 Å². The van der Waals surface area contributed by atoms with Crippen molar-refractivity contribution >= 4 is 33.4 Å². The molecule has 2 fully saturated rings. The Morgan fingerprint density at radius 3 is 2.61 bits per heavy atom. The monoisotopic (exact) mass is 437 g/mol. The van der Waals surface area contributed by atoms with E-state index in [0.29, 0.717) is 0 Å². The number of hydrogen-bond acceptors (Lipinski definition) is 6. The average molecular weight is 438 g/mol. The van der Waals surface area contributed by atoms with Gasteiger partial charge in [0, 0.05) is 63.2 Å². The zero-order chi connectivity index (χ0) is 21.2. The van der Waals surface area contributed by atoms with Gasteiger partial charge in [0.2, 0.25) is 0 Å². The predicted molar refractivity (Wildman–Crippen MR) is 124 cm³/mol. The normalized spacial score (nSPS) is 17.8. The van der Waals surface area contributed by atoms with Crippen LogP contribution in [0.4, 0.5) is 9.93 Å². The van der Waals surface area contributed by atoms with Crippen LogP contribution in [0.2, 0.25) is 0 Å². The van der Waals surface area contributed by atoms with Crippen LogP contribution in [0, 0.1) is 0 Å². The number of hydrogen-bond donors (Lipinski definition) is 0. The number of ether oxygens (including phenoxy) is 1. The molecule has 0 atom stereocenters. The number of fused-ring (bicyclic) bond motifs is 1. The van der Waals surface area contributed by atoms with Crippen LogP contribution in [0.3, 0.4) is 0 Å². The highest BCUT2D eigenvalue weighted by atomic mass is 32.1. The van der Waals surface area contributed by atoms with Crippen LogP contribution in [-0.2, 0) is 4.74 Å². The molecule has 8 heteroatoms. The summed E-state index contributed by atoms with van der Waals surface area (Å²) in [4.78, 5) is 28.7. The van der Waals surface area contributed by atoms with E-state index in [1.165, 1.54) is 0 Å². The van der Waals surface area contributed by atoms with Crippen molar-refractivity contribution in [3.05, 3.63) is 41.8 Å². The van der Waals surface area contributed by atoms with Crippen molar-refractivity contribution in [2.75, 3.05) is 51.3 Å². The molecule has 2 amide bonds. The van der Waals surface area contributed by atoms with Gasteiger partial charge in [0.1, 0.15) is 5.69 Å². The van der Waals surface area contributed by atoms with Gasteiger partial charge in [-0.3, -0.25) is 0 Å². The Balaban J connectivity index is 1.22. The molecule has 0 bridgehead atoms. The Morgan fingerprint density at radius 2 is 1.81 bits per heavy atom. The second kappa shape index (κ2) is 8.80. The molecule has 2 saturated heterocycles. The molecular weight excluding hydrogens is 410 g/mol. The van der Waals surface area contributed by atoms with Gasteiger partial charge >= 0.3 is 6.03 Å². The van der Waals surface area contributed by atoms with Gasteiger partial charge in [-0.2, -0.15) is 0 Å². The number of anilines is 1. The first-order chi connectivity index (χ1) is 15.2. The second-order valence-electron chi connectivity index (χ2n) is 8.12. The minimum atomic E-state index is 0.131. The van der Waals surface area contributed by atoms with Crippen molar-refractivity contribution in [2.45, 2.75) is 18.9 Å². The molecule has 1 aromatic carbocycles. The lowest BCUT2D eigenvalue weighted by Crippen LogP contribution is -2.54. The van der Waals surface area contributed by atoms with Gasteiger partial charge in [0.05, 0.1) is 11.2 Å². The minimum absolute atomic E-state index is 0.131. The second-order valence-corrected chi connectivity index (χ2v) is 8.95. The first kappa shape index (κ1) is 20.2. The van der Waals surface area contributed by atoms with Gasteiger partial charge < -0.3 is 19.4 Å². The lowest BCUT2D eigenvalue weighted by molar-refractivity contribution is 0.0461. The summed E-state index contributed by atoms with van der Waals surface area (Å²) in [5.74, 6) is 0. The van der Waals surface area contributed by atoms with E-state index < -0.39 is 0 Å². The smallest absolute Gasteiger partial charge is 0.320 e. The molecular formula is C23H27N5O2S. The van der Waals surface area contributed by atoms with E-state index in [4.69, 9.17) is 14.7 Å². The van der Waals surface area contributed by atoms with Crippen LogP contribution >= 0.6 is 11.3 Å². The average Bonchev–Trinajstić information content (AvgIpc) is 3.34. The molecule has 31 heavy (non-hydrogen) atoms. The number of para-hydroxylation sites is 1. The summed E-state index contributed by atoms with van der Waals surface area (Å²) in [6.45, 7) is 4.52. The van der Waals surface area contributed by atoms with Gasteiger partial charge in [0.15, 0.2) is 5.13 Å². The molecule has 7 nitrogen and oxygen atoms in total. The standard InChI is InChI=1S/C23H27N5O2S/c1-26(18-8-14-30-15-9-18)23(29)28-12-10-27(11-13-28)22-25-21(16-31-22)20-7-6-17-4-2-3-5-19(17)24-20/h2-7,16,18H,8-15H2,1H3. The maximum absolute atomic E-state index is 12.9. The number of urea groups is 1. The lowest BCUT2D eigenvalue weighted by Gasteiger charge is -2.39. The van der Waals surface area contributed by atoms with Crippen LogP contribution < -0.4 is 4.90 Å². The quantitative estimate of drug-likeness (QED) is 0.625. The van der Waals surface area contributed by atoms with Crippen molar-refractivity contribution in [1.29, 1.82) is 0 Å². The summed E-state index contributed by atoms with van der Waals surface area (Å²) in [5.41, 5.74) is 2.78. The zero-order valence-corrected chi connectivity index (χ0v) is 18.6. The minimum Gasteiger partial charge on any atom is -0.381 e. The zero-order valence-electron chi connectivity index (χ0n) is 17.7. The highest BCUT2D eigenvalue weighted by Gasteiger charge is 2.29. The van der Waals surface area contributed by atoms with E-state index in [9.17, 15) is 4.79 Å². The lowest BCUT2D eigenvalue weighted by atomic mass is 10.1. The van der Waals surface area contributed by atoms with E-state index in [2.05, 4.69) is 22.4 Å². The summed E-state index contributed by atoms with van der Waals surface area (Å²) >= 11 is 1.64. The third kappa shape index (κ3) is 4.22. The molecule has 5 rings (SSSR count). The maximum atomic E-state index is 12.9. The first-order valence-electron chi connectivity index (χ1n) is 10.9. The fourth-order valence-corrected chi connectivity index (χ4v) is 5.15. The van der Waals surface area contributed by atoms with Crippen LogP contribution in [0.15, 0.2) is 41.8 Å². The van der Waals surface area contributed by atoms with Crippen molar-refractivity contribution < 1.29 is 9.53 Å². The van der Waals surface area contributed by atoms with E-state index in [1.54, 1.807) is 11.3 Å². The Labute approximate surface area is 186 Å². The predicted octanol–water partition coefficient (Wildman–Crippen LogP) is 3.71. The van der Waals surface area contributed by atoms with E-state index >= 15 is 0 Å². The van der Waals surface area contributed by atoms with E-state index in [0.717, 1.165) is 79.7 Å². The van der Waals surface area contributed by atoms with Crippen molar-refractivity contribution in [2.24, 2.45) is 0 Å². The number of thiazole rings is 1. The molecule has 162 valence electrons. The van der Waals surface area contributed by atoms with Crippen LogP contribution in [0.5, 0.6) is 0 Å². The molecule has 2 aliphatic rings. The largest absolute Gasteiger partial charge is 0.381 e. The number of benzene rings is 1. The molecule has 0 radical (unpaired) electrons. The van der Waals surface area contributed by atoms with Gasteiger partial charge in [-0.15, -0.1) is 11.3 Å². The number of amides is 2. The molecule has 0 aliphatic carbocycles. The molecule has 0 spiro atoms. The van der Waals surface area contributed by atoms with Crippen LogP contribution in [-0.4, -0.2) is 78.3 Å². The number of piperazine rings is 1. The maximum Gasteiger partial charge on any atom is 0.320 e. The van der Waals surface area contributed by atoms with Crippen molar-refractivity contribution in [3.63, 3.8) is 0 Å². The molecule has 0 N–H and O–H groups in total. The molecule has 2 aromatic heterocycles. The SMILES string of the molecule is CN(C(=O)N1CCN(c2nc(-c3ccc4ccccc4n3)cs2)CC1)C1CCOCC1. The number of aromatic nitrogens is 2. The summed E-state index contributed by atoms with van der Waals surface area (Å²) < 4.78 is 5.42. The van der Waals surface area contributed by atoms with Gasteiger partial charge in [0.25, 0.3) is 0 Å². The van der Waals surface area contributed by atoms with Crippen LogP contribution in [0.1, 0.15) is 12.8 Å². The summed E-state index contributed by atoms with van der Waals surface area (Å²) in [7, 11) is 1.92. The highest BCUT2D eigenvalue weighted by Crippen LogP contribution is 2.28. The summed E-state index contributed by atoms with van der Waals surface area (Å²) in [6.07, 6.45) is 1.85. The Morgan fingerprint density at radius 1 is 1.03 bits per heavy atom. The van der Waals surface area contributed by atoms with Gasteiger partial charge in [-0.25, -0.2) is 14.8 Å². The topological polar surface area (TPSA) is 61.8 Å². The third-order valence-electron chi connectivity index (χ3n) is 6.21. The molecule has 2 aliphatic heterocycles. The van der Waals surface area contributed by atoms with Gasteiger partial charge in [-0.1, -0.05) is 24.3 Å². The molecule has 0 saturated carbocycles. The Hall–Kier alpha value is -2.71. The molecule has 4 heterocycles. The van der Waals surface area contributed by atoms with Crippen LogP contribution in [0.25, 0.3) is 22.3 Å². The number of rotatable bonds is 3. The van der Waals surface area contributed by atoms with Crippen molar-refractivity contribution in [1.82, 2.24) is 19.8 Å². The number of nitrogens with zero attached hydrogens (tertiary/aromatic N) is 5. The van der Waals surface area contributed by atoms with Gasteiger partial charge in [-0.05, 0) is 25.0 Å². The Bertz CT molecular complexity index is 1060. The highest BCUT2D eigenvalue weighted by molar-refractivity contribution is 7.14. The fraction of sp³-hybridized carbons (Fsp3) is 0.435. The number of carbonyl (C=O) groups excluding carboxylic acids is 1. The molecule has 3 aromatic rings. The Kier molecular flexibility index (Phi) is 5.74. The summed E-state index contributed by atoms with van der Waals surface area (Å²) in [6, 6.07) is 12.7.